The van der Waals surface area contributed by atoms with Crippen molar-refractivity contribution < 1.29 is 4.74 Å². The average Bonchev–Trinajstić information content (AvgIpc) is 1.69. The molecule has 7 heavy (non-hydrogen) atoms. The third-order valence-electron chi connectivity index (χ3n) is 0.524. The lowest BCUT2D eigenvalue weighted by molar-refractivity contribution is 0.162. The van der Waals surface area contributed by atoms with Crippen LogP contribution in [0.4, 0.5) is 0 Å². The monoisotopic (exact) mass is 94.1 g/mol. The molecule has 0 saturated carbocycles. The van der Waals surface area contributed by atoms with Crippen molar-refractivity contribution in [2.45, 2.75) is 12.6 Å². The summed E-state index contributed by atoms with van der Waals surface area (Å²) in [5, 5.41) is 0. The fourth-order valence-electron chi connectivity index (χ4n) is 0.269. The molecular formula is C4H8B2O. The summed E-state index contributed by atoms with van der Waals surface area (Å²) >= 11 is 0. The largest absolute Gasteiger partial charge is 0.383 e. The molecule has 0 spiro atoms. The summed E-state index contributed by atoms with van der Waals surface area (Å²) in [6, 6.07) is 0. The van der Waals surface area contributed by atoms with Gasteiger partial charge in [0, 0.05) is 13.2 Å². The molecule has 0 atom stereocenters. The van der Waals surface area contributed by atoms with Crippen molar-refractivity contribution in [3.8, 4) is 0 Å². The van der Waals surface area contributed by atoms with E-state index in [0.717, 1.165) is 0 Å². The second-order valence-electron chi connectivity index (χ2n) is 1.19. The number of rotatable bonds is 4. The van der Waals surface area contributed by atoms with E-state index in [-0.39, 0.29) is 0 Å². The summed E-state index contributed by atoms with van der Waals surface area (Å²) in [4.78, 5) is 0. The van der Waals surface area contributed by atoms with Crippen LogP contribution in [-0.2, 0) is 4.74 Å². The molecule has 4 radical (unpaired) electrons. The van der Waals surface area contributed by atoms with Gasteiger partial charge in [-0.05, 0) is 0 Å². The van der Waals surface area contributed by atoms with Gasteiger partial charge in [0.05, 0.1) is 15.7 Å². The minimum Gasteiger partial charge on any atom is -0.383 e. The maximum atomic E-state index is 5.10. The van der Waals surface area contributed by atoms with Crippen LogP contribution >= 0.6 is 0 Å². The van der Waals surface area contributed by atoms with Gasteiger partial charge in [-0.25, -0.2) is 0 Å². The van der Waals surface area contributed by atoms with E-state index >= 15 is 0 Å². The van der Waals surface area contributed by atoms with Gasteiger partial charge in [0.2, 0.25) is 0 Å². The molecule has 0 unspecified atom stereocenters. The summed E-state index contributed by atoms with van der Waals surface area (Å²) in [6.45, 7) is 1.24. The Hall–Kier alpha value is 0.0899. The van der Waals surface area contributed by atoms with Crippen LogP contribution in [-0.4, -0.2) is 28.9 Å². The van der Waals surface area contributed by atoms with Gasteiger partial charge in [0.25, 0.3) is 0 Å². The van der Waals surface area contributed by atoms with Gasteiger partial charge in [-0.2, -0.15) is 0 Å². The van der Waals surface area contributed by atoms with Crippen molar-refractivity contribution in [1.29, 1.82) is 0 Å². The van der Waals surface area contributed by atoms with Crippen molar-refractivity contribution in [3.63, 3.8) is 0 Å². The lowest BCUT2D eigenvalue weighted by Gasteiger charge is -1.95. The standard InChI is InChI=1S/C4H8B2O/c5-1-3-7-4-2-6/h1-4H2. The maximum Gasteiger partial charge on any atom is 0.0684 e. The SMILES string of the molecule is [B]CCOCC[B]. The fraction of sp³-hybridized carbons (Fsp3) is 1.00. The van der Waals surface area contributed by atoms with Gasteiger partial charge in [0.1, 0.15) is 0 Å². The first-order valence-electron chi connectivity index (χ1n) is 2.39. The van der Waals surface area contributed by atoms with Gasteiger partial charge < -0.3 is 4.74 Å². The number of hydrogen-bond donors (Lipinski definition) is 0. The Balaban J connectivity index is 2.45. The molecule has 36 valence electrons. The maximum absolute atomic E-state index is 5.10. The third-order valence-corrected chi connectivity index (χ3v) is 0.524. The third kappa shape index (κ3) is 6.09. The van der Waals surface area contributed by atoms with E-state index in [1.165, 1.54) is 0 Å². The van der Waals surface area contributed by atoms with Gasteiger partial charge in [-0.15, -0.1) is 0 Å². The molecule has 1 nitrogen and oxygen atoms in total. The van der Waals surface area contributed by atoms with E-state index in [1.807, 2.05) is 0 Å². The zero-order valence-corrected chi connectivity index (χ0v) is 4.39. The highest BCUT2D eigenvalue weighted by Gasteiger charge is 1.77. The highest BCUT2D eigenvalue weighted by Crippen LogP contribution is 1.79. The van der Waals surface area contributed by atoms with Crippen LogP contribution in [0.25, 0.3) is 0 Å². The van der Waals surface area contributed by atoms with Crippen LogP contribution in [0, 0.1) is 0 Å². The lowest BCUT2D eigenvalue weighted by Crippen LogP contribution is -1.94. The molecule has 0 aliphatic carbocycles. The minimum atomic E-state index is 0.583. The Kier molecular flexibility index (Phi) is 6.17. The van der Waals surface area contributed by atoms with Gasteiger partial charge in [0.15, 0.2) is 0 Å². The second-order valence-corrected chi connectivity index (χ2v) is 1.19. The van der Waals surface area contributed by atoms with Crippen LogP contribution < -0.4 is 0 Å². The summed E-state index contributed by atoms with van der Waals surface area (Å²) in [6.07, 6.45) is 1.17. The Morgan fingerprint density at radius 1 is 1.00 bits per heavy atom. The van der Waals surface area contributed by atoms with Gasteiger partial charge in [-0.1, -0.05) is 12.6 Å². The highest BCUT2D eigenvalue weighted by molar-refractivity contribution is 6.08. The molecular weight excluding hydrogens is 85.7 g/mol. The Labute approximate surface area is 47.3 Å². The summed E-state index contributed by atoms with van der Waals surface area (Å²) < 4.78 is 4.88. The predicted octanol–water partition coefficient (Wildman–Crippen LogP) is 0.177. The predicted molar refractivity (Wildman–Crippen MR) is 31.9 cm³/mol. The molecule has 0 aromatic heterocycles. The Morgan fingerprint density at radius 2 is 1.43 bits per heavy atom. The van der Waals surface area contributed by atoms with Crippen molar-refractivity contribution in [2.24, 2.45) is 0 Å². The van der Waals surface area contributed by atoms with Gasteiger partial charge >= 0.3 is 0 Å². The Bertz CT molecular complexity index is 28.9. The molecule has 3 heteroatoms. The van der Waals surface area contributed by atoms with E-state index in [0.29, 0.717) is 25.9 Å². The molecule has 0 bridgehead atoms. The minimum absolute atomic E-state index is 0.583. The summed E-state index contributed by atoms with van der Waals surface area (Å²) in [5.74, 6) is 0. The summed E-state index contributed by atoms with van der Waals surface area (Å²) in [7, 11) is 10.2. The molecule has 0 aromatic carbocycles. The van der Waals surface area contributed by atoms with Crippen molar-refractivity contribution in [3.05, 3.63) is 0 Å². The molecule has 0 N–H and O–H groups in total. The summed E-state index contributed by atoms with van der Waals surface area (Å²) in [5.41, 5.74) is 0. The highest BCUT2D eigenvalue weighted by atomic mass is 16.5. The molecule has 0 rings (SSSR count). The first-order chi connectivity index (χ1) is 3.41. The van der Waals surface area contributed by atoms with Crippen LogP contribution in [0.3, 0.4) is 0 Å². The first kappa shape index (κ1) is 7.09. The van der Waals surface area contributed by atoms with E-state index in [1.54, 1.807) is 0 Å². The quantitative estimate of drug-likeness (QED) is 0.356. The van der Waals surface area contributed by atoms with Crippen LogP contribution in [0.5, 0.6) is 0 Å². The Morgan fingerprint density at radius 3 is 1.71 bits per heavy atom. The van der Waals surface area contributed by atoms with Crippen molar-refractivity contribution >= 4 is 15.7 Å². The van der Waals surface area contributed by atoms with Gasteiger partial charge in [-0.3, -0.25) is 0 Å². The number of hydrogen-bond acceptors (Lipinski definition) is 1. The molecule has 0 aliphatic rings. The van der Waals surface area contributed by atoms with E-state index < -0.39 is 0 Å². The van der Waals surface area contributed by atoms with Crippen LogP contribution in [0.2, 0.25) is 12.6 Å². The molecule has 0 aliphatic heterocycles. The van der Waals surface area contributed by atoms with Crippen LogP contribution in [0.1, 0.15) is 0 Å². The average molecular weight is 93.7 g/mol. The fourth-order valence-corrected chi connectivity index (χ4v) is 0.269. The van der Waals surface area contributed by atoms with Crippen molar-refractivity contribution in [2.75, 3.05) is 13.2 Å². The lowest BCUT2D eigenvalue weighted by atomic mass is 10.1. The second kappa shape index (κ2) is 6.09. The molecule has 0 fully saturated rings. The smallest absolute Gasteiger partial charge is 0.0684 e. The molecule has 0 amide bonds. The molecule has 0 saturated heterocycles. The molecule has 0 heterocycles. The number of ether oxygens (including phenoxy) is 1. The van der Waals surface area contributed by atoms with E-state index in [2.05, 4.69) is 0 Å². The zero-order valence-electron chi connectivity index (χ0n) is 4.39. The normalized spacial score (nSPS) is 9.14. The molecule has 0 aromatic rings. The van der Waals surface area contributed by atoms with E-state index in [4.69, 9.17) is 20.4 Å². The zero-order chi connectivity index (χ0) is 5.54. The van der Waals surface area contributed by atoms with E-state index in [9.17, 15) is 0 Å². The topological polar surface area (TPSA) is 9.23 Å². The first-order valence-corrected chi connectivity index (χ1v) is 2.39. The van der Waals surface area contributed by atoms with Crippen molar-refractivity contribution in [1.82, 2.24) is 0 Å². The van der Waals surface area contributed by atoms with Crippen LogP contribution in [0.15, 0.2) is 0 Å².